The second-order valence-electron chi connectivity index (χ2n) is 8.55. The summed E-state index contributed by atoms with van der Waals surface area (Å²) < 4.78 is 12.7. The van der Waals surface area contributed by atoms with E-state index in [9.17, 15) is 9.59 Å². The topological polar surface area (TPSA) is 94.8 Å². The molecular weight excluding hydrogens is 476 g/mol. The van der Waals surface area contributed by atoms with Gasteiger partial charge in [-0.05, 0) is 60.6 Å². The monoisotopic (exact) mass is 502 g/mol. The first kappa shape index (κ1) is 23.7. The molecule has 8 nitrogen and oxygen atoms in total. The van der Waals surface area contributed by atoms with Crippen molar-refractivity contribution in [3.05, 3.63) is 86.8 Å². The molecule has 2 aromatic carbocycles. The summed E-state index contributed by atoms with van der Waals surface area (Å²) in [7, 11) is 1.57. The number of carbonyl (C=O) groups excluding carboxylic acids is 1. The number of methoxy groups -OCH3 is 1. The van der Waals surface area contributed by atoms with Gasteiger partial charge in [0.15, 0.2) is 11.5 Å². The molecule has 4 aromatic rings. The van der Waals surface area contributed by atoms with Crippen LogP contribution in [0.25, 0.3) is 10.2 Å². The molecule has 184 valence electrons. The Kier molecular flexibility index (Phi) is 7.08. The van der Waals surface area contributed by atoms with Crippen molar-refractivity contribution in [1.82, 2.24) is 15.0 Å². The van der Waals surface area contributed by atoms with Crippen LogP contribution in [0.3, 0.4) is 0 Å². The third-order valence-corrected chi connectivity index (χ3v) is 7.28. The number of carbonyl (C=O) groups is 1. The van der Waals surface area contributed by atoms with Crippen LogP contribution in [0.2, 0.25) is 0 Å². The van der Waals surface area contributed by atoms with Crippen LogP contribution in [0, 0.1) is 0 Å². The largest absolute Gasteiger partial charge is 0.493 e. The molecule has 0 saturated carbocycles. The number of hydrogen-bond donors (Lipinski definition) is 1. The van der Waals surface area contributed by atoms with Gasteiger partial charge in [-0.3, -0.25) is 14.2 Å². The lowest BCUT2D eigenvalue weighted by atomic mass is 9.97. The van der Waals surface area contributed by atoms with Gasteiger partial charge in [-0.1, -0.05) is 30.3 Å². The number of ether oxygens (including phenoxy) is 2. The summed E-state index contributed by atoms with van der Waals surface area (Å²) in [6, 6.07) is 15.3. The Balaban J connectivity index is 1.22. The lowest BCUT2D eigenvalue weighted by molar-refractivity contribution is -0.121. The lowest BCUT2D eigenvalue weighted by Crippen LogP contribution is -2.30. The quantitative estimate of drug-likeness (QED) is 0.290. The lowest BCUT2D eigenvalue weighted by Gasteiger charge is -2.11. The molecule has 2 aromatic heterocycles. The molecule has 9 heteroatoms. The van der Waals surface area contributed by atoms with Crippen LogP contribution in [0.1, 0.15) is 34.4 Å². The number of hydrazone groups is 1. The molecule has 1 amide bonds. The normalized spacial score (nSPS) is 13.0. The number of nitrogens with one attached hydrogen (secondary N) is 1. The standard InChI is InChI=1S/C27H26N4O4S/c1-34-22-13-19(11-12-21(22)35-16-18-7-3-2-4-8-18)14-29-30-24(32)15-31-17-28-26-25(27(31)33)20-9-5-6-10-23(20)36-26/h2-4,7-8,11-14,17H,5-6,9-10,15-16H2,1H3,(H,30,32)/b29-14+. The third kappa shape index (κ3) is 5.16. The Bertz CT molecular complexity index is 1480. The van der Waals surface area contributed by atoms with Crippen LogP contribution in [-0.4, -0.2) is 28.8 Å². The number of benzene rings is 2. The number of amides is 1. The van der Waals surface area contributed by atoms with Gasteiger partial charge in [0, 0.05) is 4.88 Å². The van der Waals surface area contributed by atoms with E-state index in [2.05, 4.69) is 15.5 Å². The summed E-state index contributed by atoms with van der Waals surface area (Å²) in [6.07, 6.45) is 7.06. The maximum Gasteiger partial charge on any atom is 0.262 e. The molecule has 0 bridgehead atoms. The van der Waals surface area contributed by atoms with Gasteiger partial charge in [0.1, 0.15) is 18.0 Å². The molecule has 0 radical (unpaired) electrons. The molecule has 1 aliphatic rings. The minimum atomic E-state index is -0.409. The fourth-order valence-corrected chi connectivity index (χ4v) is 5.50. The van der Waals surface area contributed by atoms with Crippen molar-refractivity contribution in [3.8, 4) is 11.5 Å². The maximum absolute atomic E-state index is 13.0. The second kappa shape index (κ2) is 10.7. The highest BCUT2D eigenvalue weighted by Gasteiger charge is 2.20. The zero-order valence-corrected chi connectivity index (χ0v) is 20.7. The summed E-state index contributed by atoms with van der Waals surface area (Å²) in [5.74, 6) is 0.764. The third-order valence-electron chi connectivity index (χ3n) is 6.08. The van der Waals surface area contributed by atoms with E-state index in [0.29, 0.717) is 23.5 Å². The predicted molar refractivity (Wildman–Crippen MR) is 140 cm³/mol. The number of hydrogen-bond acceptors (Lipinski definition) is 7. The van der Waals surface area contributed by atoms with E-state index in [1.54, 1.807) is 30.6 Å². The van der Waals surface area contributed by atoms with E-state index >= 15 is 0 Å². The molecule has 0 spiro atoms. The van der Waals surface area contributed by atoms with Crippen molar-refractivity contribution < 1.29 is 14.3 Å². The van der Waals surface area contributed by atoms with Gasteiger partial charge < -0.3 is 9.47 Å². The average Bonchev–Trinajstić information content (AvgIpc) is 3.29. The number of rotatable bonds is 8. The van der Waals surface area contributed by atoms with Gasteiger partial charge in [0.25, 0.3) is 11.5 Å². The molecule has 5 rings (SSSR count). The van der Waals surface area contributed by atoms with Gasteiger partial charge in [0.05, 0.1) is 25.0 Å². The molecule has 2 heterocycles. The van der Waals surface area contributed by atoms with Crippen molar-refractivity contribution >= 4 is 33.7 Å². The van der Waals surface area contributed by atoms with Crippen LogP contribution in [0.5, 0.6) is 11.5 Å². The first-order chi connectivity index (χ1) is 17.6. The van der Waals surface area contributed by atoms with Gasteiger partial charge in [0.2, 0.25) is 0 Å². The molecule has 36 heavy (non-hydrogen) atoms. The molecule has 0 aliphatic heterocycles. The van der Waals surface area contributed by atoms with Gasteiger partial charge >= 0.3 is 0 Å². The Hall–Kier alpha value is -3.98. The van der Waals surface area contributed by atoms with Gasteiger partial charge in [-0.25, -0.2) is 10.4 Å². The highest BCUT2D eigenvalue weighted by Crippen LogP contribution is 2.33. The first-order valence-electron chi connectivity index (χ1n) is 11.8. The zero-order chi connectivity index (χ0) is 24.9. The Morgan fingerprint density at radius 2 is 2.00 bits per heavy atom. The Morgan fingerprint density at radius 1 is 1.17 bits per heavy atom. The van der Waals surface area contributed by atoms with Crippen molar-refractivity contribution in [2.75, 3.05) is 7.11 Å². The summed E-state index contributed by atoms with van der Waals surface area (Å²) in [6.45, 7) is 0.272. The van der Waals surface area contributed by atoms with Crippen molar-refractivity contribution in [3.63, 3.8) is 0 Å². The molecular formula is C27H26N4O4S. The van der Waals surface area contributed by atoms with Crippen LogP contribution >= 0.6 is 11.3 Å². The van der Waals surface area contributed by atoms with E-state index in [4.69, 9.17) is 9.47 Å². The SMILES string of the molecule is COc1cc(/C=N/NC(=O)Cn2cnc3sc4c(c3c2=O)CCCC4)ccc1OCc1ccccc1. The molecule has 0 unspecified atom stereocenters. The maximum atomic E-state index is 13.0. The van der Waals surface area contributed by atoms with Crippen molar-refractivity contribution in [2.45, 2.75) is 38.8 Å². The fourth-order valence-electron chi connectivity index (χ4n) is 4.28. The number of aryl methyl sites for hydroxylation is 2. The Labute approximate surface area is 212 Å². The van der Waals surface area contributed by atoms with Crippen LogP contribution in [0.15, 0.2) is 64.8 Å². The predicted octanol–water partition coefficient (Wildman–Crippen LogP) is 4.07. The van der Waals surface area contributed by atoms with E-state index in [1.807, 2.05) is 36.4 Å². The van der Waals surface area contributed by atoms with E-state index in [-0.39, 0.29) is 12.1 Å². The van der Waals surface area contributed by atoms with Crippen LogP contribution in [-0.2, 0) is 30.8 Å². The van der Waals surface area contributed by atoms with Crippen LogP contribution in [0.4, 0.5) is 0 Å². The number of fused-ring (bicyclic) bond motifs is 3. The highest BCUT2D eigenvalue weighted by molar-refractivity contribution is 7.18. The van der Waals surface area contributed by atoms with Gasteiger partial charge in [-0.2, -0.15) is 5.10 Å². The van der Waals surface area contributed by atoms with E-state index in [0.717, 1.165) is 47.2 Å². The van der Waals surface area contributed by atoms with Crippen molar-refractivity contribution in [2.24, 2.45) is 5.10 Å². The van der Waals surface area contributed by atoms with Crippen LogP contribution < -0.4 is 20.5 Å². The summed E-state index contributed by atoms with van der Waals surface area (Å²) in [4.78, 5) is 31.9. The number of thiophene rings is 1. The van der Waals surface area contributed by atoms with E-state index < -0.39 is 5.91 Å². The first-order valence-corrected chi connectivity index (χ1v) is 12.6. The molecule has 1 aliphatic carbocycles. The highest BCUT2D eigenvalue weighted by atomic mass is 32.1. The summed E-state index contributed by atoms with van der Waals surface area (Å²) >= 11 is 1.59. The van der Waals surface area contributed by atoms with Crippen molar-refractivity contribution in [1.29, 1.82) is 0 Å². The molecule has 1 N–H and O–H groups in total. The smallest absolute Gasteiger partial charge is 0.262 e. The summed E-state index contributed by atoms with van der Waals surface area (Å²) in [5.41, 5.74) is 5.20. The average molecular weight is 503 g/mol. The molecule has 0 atom stereocenters. The molecule has 0 saturated heterocycles. The number of aromatic nitrogens is 2. The summed E-state index contributed by atoms with van der Waals surface area (Å²) in [5, 5.41) is 4.70. The Morgan fingerprint density at radius 3 is 2.83 bits per heavy atom. The fraction of sp³-hybridized carbons (Fsp3) is 0.259. The minimum Gasteiger partial charge on any atom is -0.493 e. The zero-order valence-electron chi connectivity index (χ0n) is 19.9. The molecule has 0 fully saturated rings. The number of nitrogens with zero attached hydrogens (tertiary/aromatic N) is 3. The minimum absolute atomic E-state index is 0.153. The van der Waals surface area contributed by atoms with E-state index in [1.165, 1.54) is 22.0 Å². The second-order valence-corrected chi connectivity index (χ2v) is 9.63. The van der Waals surface area contributed by atoms with Gasteiger partial charge in [-0.15, -0.1) is 11.3 Å².